The summed E-state index contributed by atoms with van der Waals surface area (Å²) in [7, 11) is 1.70. The average molecular weight is 275 g/mol. The Labute approximate surface area is 118 Å². The van der Waals surface area contributed by atoms with Gasteiger partial charge in [-0.15, -0.1) is 5.10 Å². The highest BCUT2D eigenvalue weighted by Crippen LogP contribution is 2.26. The molecule has 0 radical (unpaired) electrons. The number of tetrazole rings is 1. The van der Waals surface area contributed by atoms with E-state index >= 15 is 0 Å². The van der Waals surface area contributed by atoms with Crippen LogP contribution in [0, 0.1) is 19.8 Å². The minimum Gasteiger partial charge on any atom is -0.398 e. The molecule has 6 heteroatoms. The van der Waals surface area contributed by atoms with Gasteiger partial charge in [-0.1, -0.05) is 13.0 Å². The second kappa shape index (κ2) is 6.00. The molecule has 2 aromatic rings. The summed E-state index contributed by atoms with van der Waals surface area (Å²) in [6.45, 7) is 7.53. The fourth-order valence-corrected chi connectivity index (χ4v) is 2.26. The van der Waals surface area contributed by atoms with Crippen LogP contribution in [0.15, 0.2) is 12.1 Å². The molecule has 0 saturated heterocycles. The maximum Gasteiger partial charge on any atom is 0.182 e. The molecule has 0 spiro atoms. The Hall–Kier alpha value is -1.95. The lowest BCUT2D eigenvalue weighted by atomic mass is 10.0. The predicted molar refractivity (Wildman–Crippen MR) is 78.2 cm³/mol. The summed E-state index contributed by atoms with van der Waals surface area (Å²) < 4.78 is 6.96. The monoisotopic (exact) mass is 275 g/mol. The highest BCUT2D eigenvalue weighted by Gasteiger charge is 2.15. The summed E-state index contributed by atoms with van der Waals surface area (Å²) >= 11 is 0. The molecule has 1 heterocycles. The number of anilines is 1. The molecule has 108 valence electrons. The van der Waals surface area contributed by atoms with Gasteiger partial charge in [-0.2, -0.15) is 0 Å². The van der Waals surface area contributed by atoms with Crippen LogP contribution in [0.25, 0.3) is 11.4 Å². The first-order chi connectivity index (χ1) is 9.52. The summed E-state index contributed by atoms with van der Waals surface area (Å²) in [6.07, 6.45) is 0. The summed E-state index contributed by atoms with van der Waals surface area (Å²) in [5, 5.41) is 12.0. The van der Waals surface area contributed by atoms with Crippen molar-refractivity contribution < 1.29 is 4.74 Å². The molecule has 0 fully saturated rings. The van der Waals surface area contributed by atoms with Crippen molar-refractivity contribution in [3.05, 3.63) is 23.3 Å². The Morgan fingerprint density at radius 2 is 2.05 bits per heavy atom. The second-order valence-corrected chi connectivity index (χ2v) is 5.27. The highest BCUT2D eigenvalue weighted by molar-refractivity contribution is 5.67. The molecular formula is C14H21N5O. The lowest BCUT2D eigenvalue weighted by molar-refractivity contribution is 0.149. The van der Waals surface area contributed by atoms with Crippen molar-refractivity contribution in [3.8, 4) is 11.4 Å². The van der Waals surface area contributed by atoms with E-state index in [2.05, 4.69) is 28.5 Å². The average Bonchev–Trinajstić information content (AvgIpc) is 2.82. The molecule has 0 amide bonds. The third-order valence-corrected chi connectivity index (χ3v) is 3.32. The van der Waals surface area contributed by atoms with Crippen molar-refractivity contribution >= 4 is 5.69 Å². The third-order valence-electron chi connectivity index (χ3n) is 3.32. The van der Waals surface area contributed by atoms with Gasteiger partial charge in [-0.3, -0.25) is 0 Å². The van der Waals surface area contributed by atoms with Gasteiger partial charge in [0.25, 0.3) is 0 Å². The van der Waals surface area contributed by atoms with Gasteiger partial charge in [0.1, 0.15) is 0 Å². The van der Waals surface area contributed by atoms with Crippen LogP contribution in [0.1, 0.15) is 18.1 Å². The van der Waals surface area contributed by atoms with Gasteiger partial charge in [0.05, 0.1) is 6.61 Å². The van der Waals surface area contributed by atoms with Gasteiger partial charge in [-0.25, -0.2) is 4.68 Å². The molecule has 0 saturated carbocycles. The Bertz CT molecular complexity index is 593. The smallest absolute Gasteiger partial charge is 0.182 e. The zero-order chi connectivity index (χ0) is 14.7. The largest absolute Gasteiger partial charge is 0.398 e. The quantitative estimate of drug-likeness (QED) is 0.842. The molecule has 0 aliphatic heterocycles. The maximum absolute atomic E-state index is 6.00. The van der Waals surface area contributed by atoms with E-state index in [1.165, 1.54) is 0 Å². The Morgan fingerprint density at radius 1 is 1.30 bits per heavy atom. The molecule has 1 aromatic heterocycles. The molecule has 2 rings (SSSR count). The number of nitrogens with two attached hydrogens (primary N) is 1. The normalized spacial score (nSPS) is 12.6. The lowest BCUT2D eigenvalue weighted by Gasteiger charge is -2.13. The Kier molecular flexibility index (Phi) is 4.34. The van der Waals surface area contributed by atoms with Crippen LogP contribution in [0.4, 0.5) is 5.69 Å². The first-order valence-corrected chi connectivity index (χ1v) is 6.65. The van der Waals surface area contributed by atoms with Gasteiger partial charge in [0.15, 0.2) is 5.82 Å². The summed E-state index contributed by atoms with van der Waals surface area (Å²) in [4.78, 5) is 0. The molecule has 20 heavy (non-hydrogen) atoms. The second-order valence-electron chi connectivity index (χ2n) is 5.27. The Balaban J connectivity index is 2.35. The summed E-state index contributed by atoms with van der Waals surface area (Å²) in [6, 6.07) is 4.00. The van der Waals surface area contributed by atoms with Gasteiger partial charge >= 0.3 is 0 Å². The zero-order valence-corrected chi connectivity index (χ0v) is 12.4. The number of hydrogen-bond donors (Lipinski definition) is 1. The van der Waals surface area contributed by atoms with E-state index in [1.54, 1.807) is 11.8 Å². The van der Waals surface area contributed by atoms with Crippen LogP contribution >= 0.6 is 0 Å². The van der Waals surface area contributed by atoms with Crippen LogP contribution < -0.4 is 5.73 Å². The van der Waals surface area contributed by atoms with Crippen molar-refractivity contribution in [2.75, 3.05) is 19.5 Å². The van der Waals surface area contributed by atoms with Gasteiger partial charge in [0.2, 0.25) is 0 Å². The SMILES string of the molecule is COCC(C)Cn1nnnc1-c1cc(N)c(C)cc1C. The molecule has 2 N–H and O–H groups in total. The number of benzene rings is 1. The van der Waals surface area contributed by atoms with Crippen molar-refractivity contribution in [1.82, 2.24) is 20.2 Å². The van der Waals surface area contributed by atoms with Crippen molar-refractivity contribution in [2.45, 2.75) is 27.3 Å². The minimum absolute atomic E-state index is 0.338. The molecule has 1 unspecified atom stereocenters. The molecule has 0 aliphatic rings. The van der Waals surface area contributed by atoms with Crippen LogP contribution in [0.5, 0.6) is 0 Å². The first kappa shape index (κ1) is 14.5. The molecule has 6 nitrogen and oxygen atoms in total. The molecule has 1 aromatic carbocycles. The van der Waals surface area contributed by atoms with Crippen molar-refractivity contribution in [1.29, 1.82) is 0 Å². The lowest BCUT2D eigenvalue weighted by Crippen LogP contribution is -2.15. The maximum atomic E-state index is 6.00. The van der Waals surface area contributed by atoms with Crippen molar-refractivity contribution in [3.63, 3.8) is 0 Å². The number of nitrogen functional groups attached to an aromatic ring is 1. The summed E-state index contributed by atoms with van der Waals surface area (Å²) in [5.74, 6) is 1.09. The number of ether oxygens (including phenoxy) is 1. The number of rotatable bonds is 5. The number of nitrogens with zero attached hydrogens (tertiary/aromatic N) is 4. The number of aryl methyl sites for hydroxylation is 2. The topological polar surface area (TPSA) is 78.8 Å². The van der Waals surface area contributed by atoms with Crippen LogP contribution in [-0.4, -0.2) is 33.9 Å². The number of hydrogen-bond acceptors (Lipinski definition) is 5. The minimum atomic E-state index is 0.338. The predicted octanol–water partition coefficient (Wildman–Crippen LogP) is 1.82. The molecular weight excluding hydrogens is 254 g/mol. The van der Waals surface area contributed by atoms with E-state index in [4.69, 9.17) is 10.5 Å². The zero-order valence-electron chi connectivity index (χ0n) is 12.4. The molecule has 1 atom stereocenters. The van der Waals surface area contributed by atoms with E-state index in [-0.39, 0.29) is 0 Å². The van der Waals surface area contributed by atoms with E-state index in [0.717, 1.165) is 28.2 Å². The highest BCUT2D eigenvalue weighted by atomic mass is 16.5. The standard InChI is InChI=1S/C14H21N5O/c1-9(8-20-4)7-19-14(16-17-18-19)12-6-13(15)11(3)5-10(12)2/h5-6,9H,7-8,15H2,1-4H3. The fraction of sp³-hybridized carbons (Fsp3) is 0.500. The van der Waals surface area contributed by atoms with Crippen molar-refractivity contribution in [2.24, 2.45) is 5.92 Å². The Morgan fingerprint density at radius 3 is 2.75 bits per heavy atom. The molecule has 0 aliphatic carbocycles. The first-order valence-electron chi connectivity index (χ1n) is 6.65. The van der Waals surface area contributed by atoms with Crippen LogP contribution in [0.2, 0.25) is 0 Å². The fourth-order valence-electron chi connectivity index (χ4n) is 2.26. The molecule has 0 bridgehead atoms. The number of methoxy groups -OCH3 is 1. The number of aromatic nitrogens is 4. The van der Waals surface area contributed by atoms with Crippen LogP contribution in [0.3, 0.4) is 0 Å². The summed E-state index contributed by atoms with van der Waals surface area (Å²) in [5.41, 5.74) is 9.91. The van der Waals surface area contributed by atoms with Crippen LogP contribution in [-0.2, 0) is 11.3 Å². The van der Waals surface area contributed by atoms with Gasteiger partial charge < -0.3 is 10.5 Å². The van der Waals surface area contributed by atoms with E-state index in [9.17, 15) is 0 Å². The van der Waals surface area contributed by atoms with Gasteiger partial charge in [-0.05, 0) is 47.4 Å². The van der Waals surface area contributed by atoms with E-state index < -0.39 is 0 Å². The third kappa shape index (κ3) is 2.96. The van der Waals surface area contributed by atoms with Gasteiger partial charge in [0, 0.05) is 24.9 Å². The van der Waals surface area contributed by atoms with E-state index in [1.807, 2.05) is 19.9 Å². The van der Waals surface area contributed by atoms with E-state index in [0.29, 0.717) is 19.1 Å².